The zero-order chi connectivity index (χ0) is 14.6. The molecule has 1 aliphatic rings. The quantitative estimate of drug-likeness (QED) is 0.767. The average molecular weight is 277 g/mol. The first kappa shape index (κ1) is 15.3. The predicted octanol–water partition coefficient (Wildman–Crippen LogP) is 2.46. The third-order valence-electron chi connectivity index (χ3n) is 4.65. The number of rotatable bonds is 5. The minimum Gasteiger partial charge on any atom is -0.487 e. The standard InChI is InChI=1S/C17H29N2O/c1-5-18-9-11-19(4,12-10-18)13-14-20-17-15(2)7-6-8-16(17)3/h6-8H,5,9-14H2,1-4H3/q+1. The molecule has 1 aromatic carbocycles. The largest absolute Gasteiger partial charge is 0.487 e. The molecule has 112 valence electrons. The lowest BCUT2D eigenvalue weighted by Gasteiger charge is -2.41. The van der Waals surface area contributed by atoms with Crippen LogP contribution in [0.3, 0.4) is 0 Å². The van der Waals surface area contributed by atoms with Gasteiger partial charge in [0.2, 0.25) is 0 Å². The topological polar surface area (TPSA) is 12.5 Å². The van der Waals surface area contributed by atoms with Crippen LogP contribution in [0.25, 0.3) is 0 Å². The van der Waals surface area contributed by atoms with Crippen LogP contribution in [0.15, 0.2) is 18.2 Å². The fourth-order valence-corrected chi connectivity index (χ4v) is 2.92. The van der Waals surface area contributed by atoms with Gasteiger partial charge in [0.25, 0.3) is 0 Å². The van der Waals surface area contributed by atoms with Gasteiger partial charge in [-0.2, -0.15) is 0 Å². The minimum absolute atomic E-state index is 0.814. The second-order valence-corrected chi connectivity index (χ2v) is 6.29. The Morgan fingerprint density at radius 3 is 2.30 bits per heavy atom. The molecule has 0 amide bonds. The van der Waals surface area contributed by atoms with Crippen molar-refractivity contribution in [2.24, 2.45) is 0 Å². The molecule has 0 spiro atoms. The molecule has 1 aliphatic heterocycles. The number of para-hydroxylation sites is 1. The molecule has 3 heteroatoms. The van der Waals surface area contributed by atoms with E-state index in [2.05, 4.69) is 50.9 Å². The van der Waals surface area contributed by atoms with Crippen molar-refractivity contribution in [2.45, 2.75) is 20.8 Å². The molecule has 1 fully saturated rings. The summed E-state index contributed by atoms with van der Waals surface area (Å²) in [5.41, 5.74) is 2.48. The first-order valence-electron chi connectivity index (χ1n) is 7.79. The van der Waals surface area contributed by atoms with E-state index in [0.29, 0.717) is 0 Å². The van der Waals surface area contributed by atoms with Crippen molar-refractivity contribution in [1.82, 2.24) is 4.90 Å². The molecule has 0 aliphatic carbocycles. The van der Waals surface area contributed by atoms with Gasteiger partial charge in [-0.1, -0.05) is 25.1 Å². The van der Waals surface area contributed by atoms with E-state index in [4.69, 9.17) is 4.74 Å². The van der Waals surface area contributed by atoms with Crippen molar-refractivity contribution in [3.63, 3.8) is 0 Å². The number of aryl methyl sites for hydroxylation is 2. The maximum atomic E-state index is 6.06. The second-order valence-electron chi connectivity index (χ2n) is 6.29. The molecule has 1 heterocycles. The molecule has 3 nitrogen and oxygen atoms in total. The Labute approximate surface area is 123 Å². The first-order valence-corrected chi connectivity index (χ1v) is 7.79. The Morgan fingerprint density at radius 2 is 1.75 bits per heavy atom. The van der Waals surface area contributed by atoms with Gasteiger partial charge >= 0.3 is 0 Å². The predicted molar refractivity (Wildman–Crippen MR) is 84.3 cm³/mol. The number of piperazine rings is 1. The number of benzene rings is 1. The van der Waals surface area contributed by atoms with Crippen LogP contribution in [0.4, 0.5) is 0 Å². The SMILES string of the molecule is CCN1CC[N+](C)(CCOc2c(C)cccc2C)CC1. The highest BCUT2D eigenvalue weighted by Gasteiger charge is 2.27. The van der Waals surface area contributed by atoms with Crippen LogP contribution in [0.5, 0.6) is 5.75 Å². The molecule has 0 bridgehead atoms. The van der Waals surface area contributed by atoms with E-state index in [1.807, 2.05) is 0 Å². The number of likely N-dealkylation sites (N-methyl/N-ethyl adjacent to an activating group) is 2. The molecular formula is C17H29N2O+. The summed E-state index contributed by atoms with van der Waals surface area (Å²) in [7, 11) is 2.36. The van der Waals surface area contributed by atoms with Gasteiger partial charge in [0.1, 0.15) is 18.9 Å². The van der Waals surface area contributed by atoms with Crippen LogP contribution in [0, 0.1) is 13.8 Å². The highest BCUT2D eigenvalue weighted by molar-refractivity contribution is 5.39. The van der Waals surface area contributed by atoms with Crippen molar-refractivity contribution >= 4 is 0 Å². The highest BCUT2D eigenvalue weighted by Crippen LogP contribution is 2.22. The van der Waals surface area contributed by atoms with Gasteiger partial charge < -0.3 is 9.22 Å². The molecule has 0 saturated carbocycles. The van der Waals surface area contributed by atoms with Gasteiger partial charge in [-0.3, -0.25) is 4.90 Å². The third kappa shape index (κ3) is 3.74. The Morgan fingerprint density at radius 1 is 1.15 bits per heavy atom. The fourth-order valence-electron chi connectivity index (χ4n) is 2.92. The van der Waals surface area contributed by atoms with Crippen molar-refractivity contribution in [3.05, 3.63) is 29.3 Å². The van der Waals surface area contributed by atoms with Crippen molar-refractivity contribution in [3.8, 4) is 5.75 Å². The van der Waals surface area contributed by atoms with Crippen molar-refractivity contribution < 1.29 is 9.22 Å². The number of hydrogen-bond donors (Lipinski definition) is 0. The van der Waals surface area contributed by atoms with E-state index < -0.39 is 0 Å². The van der Waals surface area contributed by atoms with E-state index in [0.717, 1.165) is 23.4 Å². The smallest absolute Gasteiger partial charge is 0.137 e. The number of hydrogen-bond acceptors (Lipinski definition) is 2. The van der Waals surface area contributed by atoms with Crippen molar-refractivity contribution in [1.29, 1.82) is 0 Å². The molecule has 1 aromatic rings. The molecule has 20 heavy (non-hydrogen) atoms. The summed E-state index contributed by atoms with van der Waals surface area (Å²) < 4.78 is 7.20. The van der Waals surface area contributed by atoms with Crippen molar-refractivity contribution in [2.75, 3.05) is 52.9 Å². The van der Waals surface area contributed by atoms with Crippen LogP contribution in [0.1, 0.15) is 18.1 Å². The Balaban J connectivity index is 1.84. The van der Waals surface area contributed by atoms with E-state index in [9.17, 15) is 0 Å². The summed E-state index contributed by atoms with van der Waals surface area (Å²) in [6.07, 6.45) is 0. The fraction of sp³-hybridized carbons (Fsp3) is 0.647. The average Bonchev–Trinajstić information content (AvgIpc) is 2.43. The minimum atomic E-state index is 0.814. The Hall–Kier alpha value is -1.06. The zero-order valence-corrected chi connectivity index (χ0v) is 13.5. The first-order chi connectivity index (χ1) is 9.54. The van der Waals surface area contributed by atoms with Crippen LogP contribution >= 0.6 is 0 Å². The van der Waals surface area contributed by atoms with E-state index >= 15 is 0 Å². The summed E-state index contributed by atoms with van der Waals surface area (Å²) in [6.45, 7) is 14.5. The van der Waals surface area contributed by atoms with Crippen LogP contribution < -0.4 is 4.74 Å². The summed E-state index contributed by atoms with van der Waals surface area (Å²) in [5.74, 6) is 1.08. The number of nitrogens with zero attached hydrogens (tertiary/aromatic N) is 2. The van der Waals surface area contributed by atoms with E-state index in [1.165, 1.54) is 43.9 Å². The molecule has 1 saturated heterocycles. The second kappa shape index (κ2) is 6.59. The van der Waals surface area contributed by atoms with Gasteiger partial charge in [-0.05, 0) is 31.5 Å². The normalized spacial score (nSPS) is 19.0. The summed E-state index contributed by atoms with van der Waals surface area (Å²) in [4.78, 5) is 2.53. The zero-order valence-electron chi connectivity index (χ0n) is 13.5. The number of quaternary nitrogens is 1. The van der Waals surface area contributed by atoms with Gasteiger partial charge in [0.05, 0.1) is 20.1 Å². The lowest BCUT2D eigenvalue weighted by atomic mass is 10.1. The summed E-state index contributed by atoms with van der Waals surface area (Å²) >= 11 is 0. The van der Waals surface area contributed by atoms with Gasteiger partial charge in [0.15, 0.2) is 0 Å². The van der Waals surface area contributed by atoms with Gasteiger partial charge in [0, 0.05) is 13.1 Å². The lowest BCUT2D eigenvalue weighted by Crippen LogP contribution is -2.58. The maximum absolute atomic E-state index is 6.06. The van der Waals surface area contributed by atoms with Gasteiger partial charge in [-0.15, -0.1) is 0 Å². The van der Waals surface area contributed by atoms with E-state index in [1.54, 1.807) is 0 Å². The van der Waals surface area contributed by atoms with Crippen LogP contribution in [0.2, 0.25) is 0 Å². The molecule has 0 atom stereocenters. The molecular weight excluding hydrogens is 248 g/mol. The van der Waals surface area contributed by atoms with Crippen LogP contribution in [-0.4, -0.2) is 62.3 Å². The summed E-state index contributed by atoms with van der Waals surface area (Å²) in [5, 5.41) is 0. The molecule has 0 unspecified atom stereocenters. The monoisotopic (exact) mass is 277 g/mol. The van der Waals surface area contributed by atoms with E-state index in [-0.39, 0.29) is 0 Å². The van der Waals surface area contributed by atoms with Gasteiger partial charge in [-0.25, -0.2) is 0 Å². The lowest BCUT2D eigenvalue weighted by molar-refractivity contribution is -0.913. The Bertz CT molecular complexity index is 416. The third-order valence-corrected chi connectivity index (χ3v) is 4.65. The van der Waals surface area contributed by atoms with Crippen LogP contribution in [-0.2, 0) is 0 Å². The molecule has 0 aromatic heterocycles. The Kier molecular flexibility index (Phi) is 5.06. The molecule has 0 radical (unpaired) electrons. The maximum Gasteiger partial charge on any atom is 0.137 e. The number of ether oxygens (including phenoxy) is 1. The highest BCUT2D eigenvalue weighted by atomic mass is 16.5. The molecule has 0 N–H and O–H groups in total. The summed E-state index contributed by atoms with van der Waals surface area (Å²) in [6, 6.07) is 6.34. The molecule has 2 rings (SSSR count).